The molecule has 0 fully saturated rings. The average Bonchev–Trinajstić information content (AvgIpc) is 2.44. The van der Waals surface area contributed by atoms with E-state index in [1.54, 1.807) is 0 Å². The van der Waals surface area contributed by atoms with Gasteiger partial charge in [0.15, 0.2) is 0 Å². The highest BCUT2D eigenvalue weighted by molar-refractivity contribution is 5.57. The first-order chi connectivity index (χ1) is 6.65. The molecule has 0 spiro atoms. The Kier molecular flexibility index (Phi) is 2.46. The van der Waals surface area contributed by atoms with Gasteiger partial charge in [0.1, 0.15) is 0 Å². The SMILES string of the molecule is Cc1ccc2c(c1)CC(CC(C)N)N2. The van der Waals surface area contributed by atoms with E-state index in [4.69, 9.17) is 5.73 Å². The summed E-state index contributed by atoms with van der Waals surface area (Å²) in [6, 6.07) is 7.41. The minimum Gasteiger partial charge on any atom is -0.382 e. The van der Waals surface area contributed by atoms with Crippen molar-refractivity contribution in [2.45, 2.75) is 38.8 Å². The highest BCUT2D eigenvalue weighted by Gasteiger charge is 2.20. The molecular formula is C12H18N2. The highest BCUT2D eigenvalue weighted by atomic mass is 15.0. The summed E-state index contributed by atoms with van der Waals surface area (Å²) in [4.78, 5) is 0. The predicted octanol–water partition coefficient (Wildman–Crippen LogP) is 2.07. The van der Waals surface area contributed by atoms with Gasteiger partial charge >= 0.3 is 0 Å². The zero-order chi connectivity index (χ0) is 10.1. The molecule has 0 aliphatic carbocycles. The summed E-state index contributed by atoms with van der Waals surface area (Å²) in [5, 5.41) is 3.51. The van der Waals surface area contributed by atoms with Crippen molar-refractivity contribution in [1.82, 2.24) is 0 Å². The Bertz CT molecular complexity index is 331. The third-order valence-corrected chi connectivity index (χ3v) is 2.74. The number of hydrogen-bond acceptors (Lipinski definition) is 2. The van der Waals surface area contributed by atoms with Crippen LogP contribution in [-0.4, -0.2) is 12.1 Å². The van der Waals surface area contributed by atoms with Crippen LogP contribution in [0.3, 0.4) is 0 Å². The van der Waals surface area contributed by atoms with Crippen molar-refractivity contribution in [3.63, 3.8) is 0 Å². The molecule has 0 saturated carbocycles. The number of nitrogens with one attached hydrogen (secondary N) is 1. The second kappa shape index (κ2) is 3.62. The fourth-order valence-corrected chi connectivity index (χ4v) is 2.16. The Morgan fingerprint density at radius 3 is 3.07 bits per heavy atom. The zero-order valence-corrected chi connectivity index (χ0v) is 8.88. The normalized spacial score (nSPS) is 21.5. The second-order valence-electron chi connectivity index (χ2n) is 4.42. The van der Waals surface area contributed by atoms with Gasteiger partial charge in [-0.25, -0.2) is 0 Å². The van der Waals surface area contributed by atoms with E-state index in [1.165, 1.54) is 16.8 Å². The van der Waals surface area contributed by atoms with Crippen LogP contribution in [0.15, 0.2) is 18.2 Å². The fourth-order valence-electron chi connectivity index (χ4n) is 2.16. The molecule has 2 atom stereocenters. The number of benzene rings is 1. The quantitative estimate of drug-likeness (QED) is 0.749. The van der Waals surface area contributed by atoms with E-state index < -0.39 is 0 Å². The molecule has 2 nitrogen and oxygen atoms in total. The topological polar surface area (TPSA) is 38.0 Å². The lowest BCUT2D eigenvalue weighted by molar-refractivity contribution is 0.587. The van der Waals surface area contributed by atoms with Gasteiger partial charge in [0.2, 0.25) is 0 Å². The molecule has 2 rings (SSSR count). The number of fused-ring (bicyclic) bond motifs is 1. The van der Waals surface area contributed by atoms with Gasteiger partial charge in [-0.1, -0.05) is 17.7 Å². The standard InChI is InChI=1S/C12H18N2/c1-8-3-4-12-10(5-8)7-11(14-12)6-9(2)13/h3-5,9,11,14H,6-7,13H2,1-2H3. The number of anilines is 1. The van der Waals surface area contributed by atoms with Crippen molar-refractivity contribution < 1.29 is 0 Å². The minimum atomic E-state index is 0.280. The molecule has 2 heteroatoms. The minimum absolute atomic E-state index is 0.280. The van der Waals surface area contributed by atoms with E-state index in [0.29, 0.717) is 6.04 Å². The van der Waals surface area contributed by atoms with Crippen molar-refractivity contribution in [2.75, 3.05) is 5.32 Å². The predicted molar refractivity (Wildman–Crippen MR) is 60.6 cm³/mol. The summed E-state index contributed by atoms with van der Waals surface area (Å²) in [7, 11) is 0. The van der Waals surface area contributed by atoms with Crippen LogP contribution in [0.2, 0.25) is 0 Å². The number of aryl methyl sites for hydroxylation is 1. The van der Waals surface area contributed by atoms with Crippen molar-refractivity contribution in [1.29, 1.82) is 0 Å². The number of hydrogen-bond donors (Lipinski definition) is 2. The molecule has 2 unspecified atom stereocenters. The lowest BCUT2D eigenvalue weighted by atomic mass is 10.0. The molecular weight excluding hydrogens is 172 g/mol. The van der Waals surface area contributed by atoms with Crippen LogP contribution in [0.5, 0.6) is 0 Å². The first kappa shape index (κ1) is 9.53. The first-order valence-electron chi connectivity index (χ1n) is 5.27. The summed E-state index contributed by atoms with van der Waals surface area (Å²) >= 11 is 0. The van der Waals surface area contributed by atoms with Gasteiger partial charge < -0.3 is 11.1 Å². The first-order valence-corrected chi connectivity index (χ1v) is 5.27. The Hall–Kier alpha value is -1.02. The molecule has 1 heterocycles. The van der Waals surface area contributed by atoms with E-state index in [2.05, 4.69) is 37.4 Å². The molecule has 0 aromatic heterocycles. The van der Waals surface area contributed by atoms with Crippen molar-refractivity contribution in [3.05, 3.63) is 29.3 Å². The lowest BCUT2D eigenvalue weighted by Crippen LogP contribution is -2.26. The maximum Gasteiger partial charge on any atom is 0.0375 e. The maximum absolute atomic E-state index is 5.80. The lowest BCUT2D eigenvalue weighted by Gasteiger charge is -2.13. The summed E-state index contributed by atoms with van der Waals surface area (Å²) in [6.45, 7) is 4.20. The Labute approximate surface area is 85.5 Å². The zero-order valence-electron chi connectivity index (χ0n) is 8.88. The Morgan fingerprint density at radius 2 is 2.36 bits per heavy atom. The molecule has 1 aromatic rings. The van der Waals surface area contributed by atoms with Gasteiger partial charge in [0.25, 0.3) is 0 Å². The van der Waals surface area contributed by atoms with E-state index in [1.807, 2.05) is 0 Å². The van der Waals surface area contributed by atoms with E-state index >= 15 is 0 Å². The van der Waals surface area contributed by atoms with Gasteiger partial charge in [0, 0.05) is 17.8 Å². The van der Waals surface area contributed by atoms with E-state index in [0.717, 1.165) is 12.8 Å². The van der Waals surface area contributed by atoms with Gasteiger partial charge in [-0.15, -0.1) is 0 Å². The molecule has 0 bridgehead atoms. The largest absolute Gasteiger partial charge is 0.382 e. The van der Waals surface area contributed by atoms with Crippen LogP contribution in [0.25, 0.3) is 0 Å². The van der Waals surface area contributed by atoms with Gasteiger partial charge in [-0.2, -0.15) is 0 Å². The van der Waals surface area contributed by atoms with Crippen LogP contribution >= 0.6 is 0 Å². The molecule has 76 valence electrons. The summed E-state index contributed by atoms with van der Waals surface area (Å²) in [5.41, 5.74) is 9.87. The van der Waals surface area contributed by atoms with Crippen LogP contribution in [-0.2, 0) is 6.42 Å². The maximum atomic E-state index is 5.80. The van der Waals surface area contributed by atoms with Crippen LogP contribution in [0.1, 0.15) is 24.5 Å². The van der Waals surface area contributed by atoms with Crippen molar-refractivity contribution >= 4 is 5.69 Å². The third kappa shape index (κ3) is 1.90. The van der Waals surface area contributed by atoms with Crippen LogP contribution < -0.4 is 11.1 Å². The van der Waals surface area contributed by atoms with Gasteiger partial charge in [-0.05, 0) is 38.3 Å². The Morgan fingerprint density at radius 1 is 1.57 bits per heavy atom. The molecule has 14 heavy (non-hydrogen) atoms. The highest BCUT2D eigenvalue weighted by Crippen LogP contribution is 2.28. The molecule has 1 aromatic carbocycles. The smallest absolute Gasteiger partial charge is 0.0375 e. The molecule has 0 amide bonds. The molecule has 0 saturated heterocycles. The summed E-state index contributed by atoms with van der Waals surface area (Å²) in [6.07, 6.45) is 2.17. The molecule has 0 radical (unpaired) electrons. The monoisotopic (exact) mass is 190 g/mol. The van der Waals surface area contributed by atoms with Gasteiger partial charge in [0.05, 0.1) is 0 Å². The fraction of sp³-hybridized carbons (Fsp3) is 0.500. The Balaban J connectivity index is 2.10. The number of rotatable bonds is 2. The van der Waals surface area contributed by atoms with Crippen LogP contribution in [0, 0.1) is 6.92 Å². The molecule has 1 aliphatic heterocycles. The van der Waals surface area contributed by atoms with E-state index in [-0.39, 0.29) is 6.04 Å². The van der Waals surface area contributed by atoms with Gasteiger partial charge in [-0.3, -0.25) is 0 Å². The molecule has 1 aliphatic rings. The summed E-state index contributed by atoms with van der Waals surface area (Å²) < 4.78 is 0. The van der Waals surface area contributed by atoms with Crippen molar-refractivity contribution in [2.24, 2.45) is 5.73 Å². The third-order valence-electron chi connectivity index (χ3n) is 2.74. The summed E-state index contributed by atoms with van der Waals surface area (Å²) in [5.74, 6) is 0. The van der Waals surface area contributed by atoms with E-state index in [9.17, 15) is 0 Å². The average molecular weight is 190 g/mol. The number of nitrogens with two attached hydrogens (primary N) is 1. The molecule has 3 N–H and O–H groups in total. The second-order valence-corrected chi connectivity index (χ2v) is 4.42. The van der Waals surface area contributed by atoms with Crippen molar-refractivity contribution in [3.8, 4) is 0 Å². The van der Waals surface area contributed by atoms with Crippen LogP contribution in [0.4, 0.5) is 5.69 Å².